The van der Waals surface area contributed by atoms with E-state index in [9.17, 15) is 4.39 Å². The predicted molar refractivity (Wildman–Crippen MR) is 60.8 cm³/mol. The highest BCUT2D eigenvalue weighted by molar-refractivity contribution is 5.24. The van der Waals surface area contributed by atoms with Crippen molar-refractivity contribution in [2.24, 2.45) is 0 Å². The van der Waals surface area contributed by atoms with Crippen LogP contribution in [-0.4, -0.2) is 18.8 Å². The van der Waals surface area contributed by atoms with Gasteiger partial charge in [-0.05, 0) is 31.9 Å². The highest BCUT2D eigenvalue weighted by Gasteiger charge is 2.31. The average molecular weight is 207 g/mol. The van der Waals surface area contributed by atoms with Gasteiger partial charge in [0.05, 0.1) is 0 Å². The number of hydrogen-bond donors (Lipinski definition) is 1. The number of halogens is 1. The third kappa shape index (κ3) is 2.78. The number of piperidine rings is 1. The molecule has 1 aromatic carbocycles. The highest BCUT2D eigenvalue weighted by Crippen LogP contribution is 2.25. The summed E-state index contributed by atoms with van der Waals surface area (Å²) in [6, 6.07) is 8.15. The molecule has 0 spiro atoms. The zero-order valence-electron chi connectivity index (χ0n) is 9.22. The van der Waals surface area contributed by atoms with Gasteiger partial charge >= 0.3 is 0 Å². The lowest BCUT2D eigenvalue weighted by molar-refractivity contribution is 0.122. The van der Waals surface area contributed by atoms with Crippen molar-refractivity contribution in [1.29, 1.82) is 0 Å². The number of rotatable bonds is 2. The smallest absolute Gasteiger partial charge is 0.127 e. The third-order valence-electron chi connectivity index (χ3n) is 3.02. The molecule has 0 aromatic heterocycles. The maximum absolute atomic E-state index is 14.3. The molecule has 0 amide bonds. The summed E-state index contributed by atoms with van der Waals surface area (Å²) in [5.74, 6) is 0. The van der Waals surface area contributed by atoms with E-state index in [1.54, 1.807) is 0 Å². The van der Waals surface area contributed by atoms with Gasteiger partial charge in [0.25, 0.3) is 0 Å². The van der Waals surface area contributed by atoms with E-state index in [2.05, 4.69) is 11.4 Å². The van der Waals surface area contributed by atoms with Gasteiger partial charge in [0.1, 0.15) is 5.67 Å². The molecule has 15 heavy (non-hydrogen) atoms. The minimum Gasteiger partial charge on any atom is -0.314 e. The molecule has 0 bridgehead atoms. The van der Waals surface area contributed by atoms with Crippen molar-refractivity contribution in [2.45, 2.75) is 31.9 Å². The van der Waals surface area contributed by atoms with E-state index in [4.69, 9.17) is 0 Å². The summed E-state index contributed by atoms with van der Waals surface area (Å²) in [4.78, 5) is 0. The van der Waals surface area contributed by atoms with Crippen LogP contribution in [-0.2, 0) is 6.42 Å². The van der Waals surface area contributed by atoms with Crippen LogP contribution in [0.5, 0.6) is 0 Å². The summed E-state index contributed by atoms with van der Waals surface area (Å²) in [5.41, 5.74) is 1.28. The number of alkyl halides is 1. The van der Waals surface area contributed by atoms with Crippen molar-refractivity contribution in [3.63, 3.8) is 0 Å². The van der Waals surface area contributed by atoms with Gasteiger partial charge in [-0.3, -0.25) is 0 Å². The van der Waals surface area contributed by atoms with Crippen LogP contribution in [0.2, 0.25) is 0 Å². The van der Waals surface area contributed by atoms with E-state index >= 15 is 0 Å². The van der Waals surface area contributed by atoms with Gasteiger partial charge in [0, 0.05) is 13.0 Å². The first kappa shape index (κ1) is 10.6. The molecular weight excluding hydrogens is 189 g/mol. The van der Waals surface area contributed by atoms with Gasteiger partial charge in [0.2, 0.25) is 0 Å². The van der Waals surface area contributed by atoms with Gasteiger partial charge < -0.3 is 5.32 Å². The van der Waals surface area contributed by atoms with Gasteiger partial charge in [-0.15, -0.1) is 0 Å². The summed E-state index contributed by atoms with van der Waals surface area (Å²) in [6.45, 7) is 3.51. The average Bonchev–Trinajstić information content (AvgIpc) is 2.18. The van der Waals surface area contributed by atoms with Crippen molar-refractivity contribution in [2.75, 3.05) is 13.1 Å². The van der Waals surface area contributed by atoms with Crippen molar-refractivity contribution in [3.05, 3.63) is 35.4 Å². The molecule has 1 nitrogen and oxygen atoms in total. The standard InChI is InChI=1S/C13H18FN/c1-11-4-2-5-12(8-11)9-13(14)6-3-7-15-10-13/h2,4-5,8,15H,3,6-7,9-10H2,1H3. The minimum atomic E-state index is -1.04. The molecule has 0 saturated carbocycles. The Labute approximate surface area is 90.7 Å². The van der Waals surface area contributed by atoms with Crippen LogP contribution in [0.1, 0.15) is 24.0 Å². The molecule has 82 valence electrons. The maximum Gasteiger partial charge on any atom is 0.127 e. The summed E-state index contributed by atoms with van der Waals surface area (Å²) < 4.78 is 14.3. The molecule has 1 aromatic rings. The molecule has 1 unspecified atom stereocenters. The Bertz CT molecular complexity index is 329. The lowest BCUT2D eigenvalue weighted by atomic mass is 9.89. The van der Waals surface area contributed by atoms with E-state index in [0.29, 0.717) is 19.4 Å². The van der Waals surface area contributed by atoms with Crippen LogP contribution in [0.3, 0.4) is 0 Å². The van der Waals surface area contributed by atoms with Crippen molar-refractivity contribution >= 4 is 0 Å². The summed E-state index contributed by atoms with van der Waals surface area (Å²) in [5, 5.41) is 3.14. The normalized spacial score (nSPS) is 26.5. The Morgan fingerprint density at radius 2 is 2.33 bits per heavy atom. The second kappa shape index (κ2) is 4.31. The van der Waals surface area contributed by atoms with Gasteiger partial charge in [-0.25, -0.2) is 4.39 Å². The van der Waals surface area contributed by atoms with Crippen molar-refractivity contribution < 1.29 is 4.39 Å². The highest BCUT2D eigenvalue weighted by atomic mass is 19.1. The Balaban J connectivity index is 2.06. The van der Waals surface area contributed by atoms with E-state index < -0.39 is 5.67 Å². The quantitative estimate of drug-likeness (QED) is 0.786. The SMILES string of the molecule is Cc1cccc(CC2(F)CCCNC2)c1. The number of benzene rings is 1. The van der Waals surface area contributed by atoms with E-state index in [1.807, 2.05) is 25.1 Å². The minimum absolute atomic E-state index is 0.501. The lowest BCUT2D eigenvalue weighted by Crippen LogP contribution is -2.43. The number of hydrogen-bond acceptors (Lipinski definition) is 1. The predicted octanol–water partition coefficient (Wildman–Crippen LogP) is 2.63. The first-order chi connectivity index (χ1) is 7.18. The summed E-state index contributed by atoms with van der Waals surface area (Å²) >= 11 is 0. The number of aryl methyl sites for hydroxylation is 1. The Morgan fingerprint density at radius 1 is 1.47 bits per heavy atom. The molecule has 2 rings (SSSR count). The largest absolute Gasteiger partial charge is 0.314 e. The van der Waals surface area contributed by atoms with Crippen LogP contribution in [0.15, 0.2) is 24.3 Å². The van der Waals surface area contributed by atoms with Gasteiger partial charge in [-0.1, -0.05) is 29.8 Å². The van der Waals surface area contributed by atoms with Gasteiger partial charge in [-0.2, -0.15) is 0 Å². The maximum atomic E-state index is 14.3. The Morgan fingerprint density at radius 3 is 3.00 bits per heavy atom. The van der Waals surface area contributed by atoms with Crippen molar-refractivity contribution in [3.8, 4) is 0 Å². The molecule has 1 fully saturated rings. The lowest BCUT2D eigenvalue weighted by Gasteiger charge is -2.30. The van der Waals surface area contributed by atoms with Crippen molar-refractivity contribution in [1.82, 2.24) is 5.32 Å². The Hall–Kier alpha value is -0.890. The van der Waals surface area contributed by atoms with Gasteiger partial charge in [0.15, 0.2) is 0 Å². The fourth-order valence-corrected chi connectivity index (χ4v) is 2.27. The van der Waals surface area contributed by atoms with Crippen LogP contribution in [0.25, 0.3) is 0 Å². The first-order valence-electron chi connectivity index (χ1n) is 5.63. The number of nitrogens with one attached hydrogen (secondary N) is 1. The summed E-state index contributed by atoms with van der Waals surface area (Å²) in [6.07, 6.45) is 2.18. The molecular formula is C13H18FN. The fourth-order valence-electron chi connectivity index (χ4n) is 2.27. The molecule has 0 radical (unpaired) electrons. The topological polar surface area (TPSA) is 12.0 Å². The molecule has 1 aliphatic heterocycles. The summed E-state index contributed by atoms with van der Waals surface area (Å²) in [7, 11) is 0. The second-order valence-electron chi connectivity index (χ2n) is 4.60. The molecule has 1 aliphatic rings. The molecule has 1 atom stereocenters. The monoisotopic (exact) mass is 207 g/mol. The molecule has 0 aliphatic carbocycles. The zero-order chi connectivity index (χ0) is 10.7. The molecule has 1 saturated heterocycles. The van der Waals surface area contributed by atoms with Crippen LogP contribution in [0.4, 0.5) is 4.39 Å². The fraction of sp³-hybridized carbons (Fsp3) is 0.538. The molecule has 2 heteroatoms. The molecule has 1 heterocycles. The Kier molecular flexibility index (Phi) is 3.06. The first-order valence-corrected chi connectivity index (χ1v) is 5.63. The second-order valence-corrected chi connectivity index (χ2v) is 4.60. The van der Waals surface area contributed by atoms with Crippen LogP contribution in [0, 0.1) is 6.92 Å². The van der Waals surface area contributed by atoms with E-state index in [-0.39, 0.29) is 0 Å². The van der Waals surface area contributed by atoms with Crippen LogP contribution < -0.4 is 5.32 Å². The van der Waals surface area contributed by atoms with Crippen LogP contribution >= 0.6 is 0 Å². The third-order valence-corrected chi connectivity index (χ3v) is 3.02. The molecule has 1 N–H and O–H groups in total. The van der Waals surface area contributed by atoms with E-state index in [0.717, 1.165) is 18.5 Å². The van der Waals surface area contributed by atoms with E-state index in [1.165, 1.54) is 5.56 Å². The zero-order valence-corrected chi connectivity index (χ0v) is 9.22.